The first kappa shape index (κ1) is 44.2. The molecule has 1 unspecified atom stereocenters. The average Bonchev–Trinajstić information content (AvgIpc) is 3.49. The lowest BCUT2D eigenvalue weighted by Crippen LogP contribution is -2.55. The topological polar surface area (TPSA) is 178 Å². The second-order valence-corrected chi connectivity index (χ2v) is 17.2. The third kappa shape index (κ3) is 9.20. The molecule has 0 spiro atoms. The maximum atomic E-state index is 13.9. The number of ether oxygens (including phenoxy) is 4. The van der Waals surface area contributed by atoms with Gasteiger partial charge in [0, 0.05) is 18.3 Å². The van der Waals surface area contributed by atoms with Crippen molar-refractivity contribution < 1.29 is 80.4 Å². The van der Waals surface area contributed by atoms with Crippen LogP contribution >= 0.6 is 11.3 Å². The monoisotopic (exact) mass is 826 g/mol. The molecule has 4 aliphatic rings. The van der Waals surface area contributed by atoms with Gasteiger partial charge in [-0.1, -0.05) is 13.8 Å². The van der Waals surface area contributed by atoms with Crippen molar-refractivity contribution in [1.82, 2.24) is 0 Å². The first-order chi connectivity index (χ1) is 25.9. The second-order valence-electron chi connectivity index (χ2n) is 16.1. The molecule has 1 aromatic rings. The maximum absolute atomic E-state index is 13.9. The summed E-state index contributed by atoms with van der Waals surface area (Å²) in [5.74, 6) is -12.9. The van der Waals surface area contributed by atoms with Crippen LogP contribution in [0, 0.1) is 35.5 Å². The number of carbonyl (C=O) groups excluding carboxylic acids is 2. The molecule has 2 saturated heterocycles. The van der Waals surface area contributed by atoms with Gasteiger partial charge in [-0.3, -0.25) is 0 Å². The summed E-state index contributed by atoms with van der Waals surface area (Å²) >= 11 is 0.444. The number of hydrogen-bond acceptors (Lipinski definition) is 12. The summed E-state index contributed by atoms with van der Waals surface area (Å²) in [7, 11) is 0. The summed E-state index contributed by atoms with van der Waals surface area (Å²) < 4.78 is 105. The standard InChI is InChI=1S/C38H50F6O11S/c1-19-5-8-26(35(50)17-54-21(3)7-10-24(19)35)22(30(45)37(39,40)41)15-52-32(47)28-11-12-29(56-28)33(48)53-16-23(31(46)38(42,43)44)27-9-6-20(2)25-13-14-34(4,49)55-18-36(25,27)51/h11-12,19-21,24-27,45-46,49-51H,5-10,13-18H2,1-4H3/p-2/b30-22-,31-23-/t19-,20-,21+,24+,25+,26+,27?,34+,35-,36-/m1/s1. The van der Waals surface area contributed by atoms with Crippen molar-refractivity contribution in [3.8, 4) is 0 Å². The van der Waals surface area contributed by atoms with Crippen LogP contribution in [0.3, 0.4) is 0 Å². The summed E-state index contributed by atoms with van der Waals surface area (Å²) in [6, 6.07) is 2.13. The van der Waals surface area contributed by atoms with Gasteiger partial charge < -0.3 is 44.5 Å². The molecule has 18 heteroatoms. The zero-order valence-corrected chi connectivity index (χ0v) is 32.3. The molecule has 3 heterocycles. The van der Waals surface area contributed by atoms with Crippen molar-refractivity contribution in [2.75, 3.05) is 26.4 Å². The van der Waals surface area contributed by atoms with Crippen LogP contribution in [-0.4, -0.2) is 89.1 Å². The highest BCUT2D eigenvalue weighted by Crippen LogP contribution is 2.52. The van der Waals surface area contributed by atoms with Crippen LogP contribution in [0.2, 0.25) is 0 Å². The summed E-state index contributed by atoms with van der Waals surface area (Å²) in [6.07, 6.45) is -9.15. The van der Waals surface area contributed by atoms with Crippen molar-refractivity contribution in [3.05, 3.63) is 44.6 Å². The third-order valence-electron chi connectivity index (χ3n) is 12.4. The molecule has 316 valence electrons. The van der Waals surface area contributed by atoms with Gasteiger partial charge in [0.2, 0.25) is 0 Å². The number of aliphatic hydroxyl groups is 3. The predicted octanol–water partition coefficient (Wildman–Crippen LogP) is 4.92. The molecule has 5 rings (SSSR count). The Morgan fingerprint density at radius 1 is 0.750 bits per heavy atom. The normalized spacial score (nSPS) is 36.5. The van der Waals surface area contributed by atoms with Gasteiger partial charge in [0.05, 0.1) is 30.5 Å². The van der Waals surface area contributed by atoms with Crippen LogP contribution in [0.25, 0.3) is 0 Å². The van der Waals surface area contributed by atoms with Crippen molar-refractivity contribution in [2.24, 2.45) is 35.5 Å². The SMILES string of the molecule is C[C@@H]1CC[C@@H](/C(COC(=O)c2ccc(C(=O)OC/C(=C(/[O-])C(F)(F)F)C3CC[C@@H](C)[C@@H]4CC[C@@](C)(O)OC[C@]34O)s2)=C(\[O-])C(F)(F)F)[C@@]2(O)CO[C@@H](C)CC[C@@H]12. The average molecular weight is 827 g/mol. The Bertz CT molecular complexity index is 1670. The number of thiophene rings is 1. The minimum absolute atomic E-state index is 0.00275. The maximum Gasteiger partial charge on any atom is 0.402 e. The molecule has 11 nitrogen and oxygen atoms in total. The van der Waals surface area contributed by atoms with Crippen molar-refractivity contribution >= 4 is 23.3 Å². The predicted molar refractivity (Wildman–Crippen MR) is 182 cm³/mol. The fourth-order valence-corrected chi connectivity index (χ4v) is 10.0. The molecule has 56 heavy (non-hydrogen) atoms. The van der Waals surface area contributed by atoms with E-state index in [0.717, 1.165) is 12.1 Å². The first-order valence-corrected chi connectivity index (χ1v) is 19.5. The molecular formula is C38H48F6O11S-2. The zero-order valence-electron chi connectivity index (χ0n) is 31.5. The Hall–Kier alpha value is -2.90. The van der Waals surface area contributed by atoms with Gasteiger partial charge in [0.15, 0.2) is 5.79 Å². The number of allylic oxidation sites excluding steroid dienone is 2. The Labute approximate surface area is 324 Å². The minimum atomic E-state index is -5.40. The van der Waals surface area contributed by atoms with Gasteiger partial charge in [-0.2, -0.15) is 26.3 Å². The van der Waals surface area contributed by atoms with Gasteiger partial charge in [-0.25, -0.2) is 9.59 Å². The first-order valence-electron chi connectivity index (χ1n) is 18.7. The van der Waals surface area contributed by atoms with Gasteiger partial charge >= 0.3 is 24.3 Å². The van der Waals surface area contributed by atoms with Crippen molar-refractivity contribution in [3.63, 3.8) is 0 Å². The van der Waals surface area contributed by atoms with E-state index in [1.165, 1.54) is 6.92 Å². The van der Waals surface area contributed by atoms with Crippen molar-refractivity contribution in [1.29, 1.82) is 0 Å². The lowest BCUT2D eigenvalue weighted by atomic mass is 9.61. The molecule has 2 aliphatic heterocycles. The smallest absolute Gasteiger partial charge is 0.402 e. The van der Waals surface area contributed by atoms with E-state index in [1.807, 2.05) is 6.92 Å². The van der Waals surface area contributed by atoms with Gasteiger partial charge in [0.25, 0.3) is 0 Å². The number of halogens is 6. The Morgan fingerprint density at radius 2 is 1.20 bits per heavy atom. The van der Waals surface area contributed by atoms with E-state index in [9.17, 15) is 61.5 Å². The van der Waals surface area contributed by atoms with E-state index in [2.05, 4.69) is 0 Å². The Kier molecular flexibility index (Phi) is 12.9. The molecule has 2 aliphatic carbocycles. The summed E-state index contributed by atoms with van der Waals surface area (Å²) in [5, 5.41) is 59.8. The van der Waals surface area contributed by atoms with E-state index in [0.29, 0.717) is 37.0 Å². The molecule has 0 aromatic carbocycles. The fourth-order valence-electron chi connectivity index (χ4n) is 9.24. The number of hydrogen-bond donors (Lipinski definition) is 3. The summed E-state index contributed by atoms with van der Waals surface area (Å²) in [6.45, 7) is 3.58. The molecule has 0 radical (unpaired) electrons. The summed E-state index contributed by atoms with van der Waals surface area (Å²) in [4.78, 5) is 25.6. The lowest BCUT2D eigenvalue weighted by molar-refractivity contribution is -0.363. The van der Waals surface area contributed by atoms with Crippen LogP contribution in [-0.2, 0) is 18.9 Å². The highest BCUT2D eigenvalue weighted by Gasteiger charge is 2.55. The summed E-state index contributed by atoms with van der Waals surface area (Å²) in [5.41, 5.74) is -5.62. The van der Waals surface area contributed by atoms with E-state index < -0.39 is 107 Å². The van der Waals surface area contributed by atoms with Gasteiger partial charge in [-0.15, -0.1) is 11.3 Å². The molecule has 4 fully saturated rings. The van der Waals surface area contributed by atoms with Crippen LogP contribution in [0.4, 0.5) is 26.3 Å². The van der Waals surface area contributed by atoms with Crippen LogP contribution in [0.5, 0.6) is 0 Å². The second kappa shape index (κ2) is 16.4. The fraction of sp³-hybridized carbons (Fsp3) is 0.737. The molecule has 0 bridgehead atoms. The highest BCUT2D eigenvalue weighted by molar-refractivity contribution is 7.15. The van der Waals surface area contributed by atoms with Crippen LogP contribution in [0.1, 0.15) is 98.4 Å². The van der Waals surface area contributed by atoms with E-state index in [-0.39, 0.29) is 60.0 Å². The molecule has 10 atom stereocenters. The minimum Gasteiger partial charge on any atom is -0.869 e. The molecule has 0 amide bonds. The van der Waals surface area contributed by atoms with Crippen molar-refractivity contribution in [2.45, 2.75) is 115 Å². The molecule has 2 saturated carbocycles. The van der Waals surface area contributed by atoms with E-state index >= 15 is 0 Å². The quantitative estimate of drug-likeness (QED) is 0.184. The molecule has 3 N–H and O–H groups in total. The lowest BCUT2D eigenvalue weighted by Gasteiger charge is -2.49. The Balaban J connectivity index is 1.33. The highest BCUT2D eigenvalue weighted by atomic mass is 32.1. The number of fused-ring (bicyclic) bond motifs is 2. The Morgan fingerprint density at radius 3 is 1.66 bits per heavy atom. The third-order valence-corrected chi connectivity index (χ3v) is 13.4. The number of carbonyl (C=O) groups is 2. The number of alkyl halides is 6. The number of rotatable bonds is 8. The zero-order chi connectivity index (χ0) is 41.6. The molecule has 1 aromatic heterocycles. The largest absolute Gasteiger partial charge is 0.869 e. The van der Waals surface area contributed by atoms with Gasteiger partial charge in [0.1, 0.15) is 23.0 Å². The van der Waals surface area contributed by atoms with Crippen LogP contribution < -0.4 is 10.2 Å². The van der Waals surface area contributed by atoms with Crippen LogP contribution in [0.15, 0.2) is 34.8 Å². The molecular weight excluding hydrogens is 778 g/mol. The van der Waals surface area contributed by atoms with E-state index in [1.54, 1.807) is 13.8 Å². The number of esters is 2. The van der Waals surface area contributed by atoms with Gasteiger partial charge in [-0.05, 0) is 117 Å². The van der Waals surface area contributed by atoms with E-state index in [4.69, 9.17) is 18.9 Å².